The second kappa shape index (κ2) is 4.86. The molecule has 12 heavy (non-hydrogen) atoms. The van der Waals surface area contributed by atoms with Crippen molar-refractivity contribution in [3.8, 4) is 0 Å². The SMILES string of the molecule is CC(C)[C@H](CCO)C1CCCC1. The number of hydrogen-bond donors (Lipinski definition) is 1. The van der Waals surface area contributed by atoms with Gasteiger partial charge in [0.15, 0.2) is 0 Å². The Balaban J connectivity index is 2.40. The van der Waals surface area contributed by atoms with Crippen molar-refractivity contribution >= 4 is 0 Å². The Morgan fingerprint density at radius 2 is 1.83 bits per heavy atom. The Labute approximate surface area is 76.2 Å². The van der Waals surface area contributed by atoms with Crippen LogP contribution in [-0.2, 0) is 0 Å². The molecular formula is C11H22O. The highest BCUT2D eigenvalue weighted by molar-refractivity contribution is 4.77. The summed E-state index contributed by atoms with van der Waals surface area (Å²) in [5.74, 6) is 2.44. The van der Waals surface area contributed by atoms with Gasteiger partial charge in [0.25, 0.3) is 0 Å². The van der Waals surface area contributed by atoms with Gasteiger partial charge >= 0.3 is 0 Å². The van der Waals surface area contributed by atoms with Crippen molar-refractivity contribution in [3.63, 3.8) is 0 Å². The van der Waals surface area contributed by atoms with Gasteiger partial charge in [0.05, 0.1) is 0 Å². The standard InChI is InChI=1S/C11H22O/c1-9(2)11(7-8-12)10-5-3-4-6-10/h9-12H,3-8H2,1-2H3/t11-/m0/s1. The first kappa shape index (κ1) is 10.0. The highest BCUT2D eigenvalue weighted by Crippen LogP contribution is 2.36. The summed E-state index contributed by atoms with van der Waals surface area (Å²) in [6, 6.07) is 0. The van der Waals surface area contributed by atoms with Crippen LogP contribution >= 0.6 is 0 Å². The molecule has 0 unspecified atom stereocenters. The van der Waals surface area contributed by atoms with Crippen LogP contribution in [0.1, 0.15) is 46.0 Å². The first-order valence-electron chi connectivity index (χ1n) is 5.36. The van der Waals surface area contributed by atoms with Crippen LogP contribution in [0, 0.1) is 17.8 Å². The first-order valence-corrected chi connectivity index (χ1v) is 5.36. The molecule has 0 saturated heterocycles. The minimum absolute atomic E-state index is 0.374. The summed E-state index contributed by atoms with van der Waals surface area (Å²) in [6.45, 7) is 4.96. The van der Waals surface area contributed by atoms with Crippen LogP contribution in [0.2, 0.25) is 0 Å². The van der Waals surface area contributed by atoms with Gasteiger partial charge in [-0.3, -0.25) is 0 Å². The summed E-state index contributed by atoms with van der Waals surface area (Å²) in [7, 11) is 0. The molecule has 0 aliphatic heterocycles. The molecule has 1 atom stereocenters. The van der Waals surface area contributed by atoms with Gasteiger partial charge in [0, 0.05) is 6.61 Å². The van der Waals surface area contributed by atoms with Crippen molar-refractivity contribution in [2.75, 3.05) is 6.61 Å². The Kier molecular flexibility index (Phi) is 4.07. The topological polar surface area (TPSA) is 20.2 Å². The second-order valence-corrected chi connectivity index (χ2v) is 4.46. The molecular weight excluding hydrogens is 148 g/mol. The molecule has 0 spiro atoms. The Hall–Kier alpha value is -0.0400. The Morgan fingerprint density at radius 3 is 2.25 bits per heavy atom. The molecule has 0 aromatic rings. The maximum atomic E-state index is 8.95. The maximum absolute atomic E-state index is 8.95. The van der Waals surface area contributed by atoms with Crippen molar-refractivity contribution in [3.05, 3.63) is 0 Å². The van der Waals surface area contributed by atoms with Crippen molar-refractivity contribution in [2.24, 2.45) is 17.8 Å². The maximum Gasteiger partial charge on any atom is 0.0433 e. The molecule has 0 aromatic heterocycles. The summed E-state index contributed by atoms with van der Waals surface area (Å²) in [5.41, 5.74) is 0. The van der Waals surface area contributed by atoms with Crippen molar-refractivity contribution < 1.29 is 5.11 Å². The van der Waals surface area contributed by atoms with Crippen LogP contribution in [-0.4, -0.2) is 11.7 Å². The first-order chi connectivity index (χ1) is 5.75. The molecule has 0 radical (unpaired) electrons. The smallest absolute Gasteiger partial charge is 0.0433 e. The van der Waals surface area contributed by atoms with Crippen molar-refractivity contribution in [2.45, 2.75) is 46.0 Å². The average molecular weight is 170 g/mol. The lowest BCUT2D eigenvalue weighted by molar-refractivity contribution is 0.181. The molecule has 1 saturated carbocycles. The lowest BCUT2D eigenvalue weighted by atomic mass is 9.80. The van der Waals surface area contributed by atoms with Crippen LogP contribution in [0.15, 0.2) is 0 Å². The van der Waals surface area contributed by atoms with Gasteiger partial charge < -0.3 is 5.11 Å². The third-order valence-electron chi connectivity index (χ3n) is 3.32. The molecule has 1 aliphatic rings. The molecule has 1 aliphatic carbocycles. The molecule has 0 aromatic carbocycles. The van der Waals surface area contributed by atoms with Gasteiger partial charge in [0.1, 0.15) is 0 Å². The molecule has 1 N–H and O–H groups in total. The van der Waals surface area contributed by atoms with Crippen LogP contribution < -0.4 is 0 Å². The van der Waals surface area contributed by atoms with Crippen LogP contribution in [0.4, 0.5) is 0 Å². The number of hydrogen-bond acceptors (Lipinski definition) is 1. The van der Waals surface area contributed by atoms with Crippen LogP contribution in [0.5, 0.6) is 0 Å². The second-order valence-electron chi connectivity index (χ2n) is 4.46. The highest BCUT2D eigenvalue weighted by Gasteiger charge is 2.26. The van der Waals surface area contributed by atoms with E-state index in [2.05, 4.69) is 13.8 Å². The molecule has 1 heteroatoms. The van der Waals surface area contributed by atoms with E-state index in [-0.39, 0.29) is 0 Å². The van der Waals surface area contributed by atoms with E-state index < -0.39 is 0 Å². The third-order valence-corrected chi connectivity index (χ3v) is 3.32. The normalized spacial score (nSPS) is 22.0. The minimum atomic E-state index is 0.374. The fraction of sp³-hybridized carbons (Fsp3) is 1.00. The predicted octanol–water partition coefficient (Wildman–Crippen LogP) is 2.83. The molecule has 1 nitrogen and oxygen atoms in total. The molecule has 0 heterocycles. The van der Waals surface area contributed by atoms with E-state index in [4.69, 9.17) is 5.11 Å². The summed E-state index contributed by atoms with van der Waals surface area (Å²) in [6.07, 6.45) is 6.66. The predicted molar refractivity (Wildman–Crippen MR) is 52.0 cm³/mol. The van der Waals surface area contributed by atoms with Crippen LogP contribution in [0.25, 0.3) is 0 Å². The fourth-order valence-corrected chi connectivity index (χ4v) is 2.65. The van der Waals surface area contributed by atoms with Crippen molar-refractivity contribution in [1.29, 1.82) is 0 Å². The van der Waals surface area contributed by atoms with E-state index in [0.717, 1.165) is 24.2 Å². The van der Waals surface area contributed by atoms with E-state index >= 15 is 0 Å². The van der Waals surface area contributed by atoms with E-state index in [0.29, 0.717) is 6.61 Å². The summed E-state index contributed by atoms with van der Waals surface area (Å²) in [4.78, 5) is 0. The van der Waals surface area contributed by atoms with E-state index in [1.165, 1.54) is 25.7 Å². The lowest BCUT2D eigenvalue weighted by Crippen LogP contribution is -2.19. The summed E-state index contributed by atoms with van der Waals surface area (Å²) in [5, 5.41) is 8.95. The lowest BCUT2D eigenvalue weighted by Gasteiger charge is -2.26. The summed E-state index contributed by atoms with van der Waals surface area (Å²) >= 11 is 0. The van der Waals surface area contributed by atoms with Gasteiger partial charge in [0.2, 0.25) is 0 Å². The molecule has 0 bridgehead atoms. The Morgan fingerprint density at radius 1 is 1.25 bits per heavy atom. The zero-order valence-electron chi connectivity index (χ0n) is 8.42. The van der Waals surface area contributed by atoms with E-state index in [1.807, 2.05) is 0 Å². The number of rotatable bonds is 4. The van der Waals surface area contributed by atoms with Gasteiger partial charge in [-0.15, -0.1) is 0 Å². The Bertz CT molecular complexity index is 114. The quantitative estimate of drug-likeness (QED) is 0.688. The third kappa shape index (κ3) is 2.48. The zero-order chi connectivity index (χ0) is 8.97. The molecule has 1 rings (SSSR count). The minimum Gasteiger partial charge on any atom is -0.396 e. The largest absolute Gasteiger partial charge is 0.396 e. The number of aliphatic hydroxyl groups excluding tert-OH is 1. The van der Waals surface area contributed by atoms with Gasteiger partial charge in [-0.1, -0.05) is 39.5 Å². The number of aliphatic hydroxyl groups is 1. The van der Waals surface area contributed by atoms with E-state index in [9.17, 15) is 0 Å². The van der Waals surface area contributed by atoms with E-state index in [1.54, 1.807) is 0 Å². The molecule has 1 fully saturated rings. The molecule has 0 amide bonds. The average Bonchev–Trinajstić information content (AvgIpc) is 2.51. The van der Waals surface area contributed by atoms with Gasteiger partial charge in [-0.2, -0.15) is 0 Å². The van der Waals surface area contributed by atoms with Crippen molar-refractivity contribution in [1.82, 2.24) is 0 Å². The van der Waals surface area contributed by atoms with Crippen LogP contribution in [0.3, 0.4) is 0 Å². The molecule has 72 valence electrons. The van der Waals surface area contributed by atoms with Gasteiger partial charge in [-0.05, 0) is 24.2 Å². The zero-order valence-corrected chi connectivity index (χ0v) is 8.42. The van der Waals surface area contributed by atoms with Gasteiger partial charge in [-0.25, -0.2) is 0 Å². The summed E-state index contributed by atoms with van der Waals surface area (Å²) < 4.78 is 0. The monoisotopic (exact) mass is 170 g/mol. The fourth-order valence-electron chi connectivity index (χ4n) is 2.65. The highest BCUT2D eigenvalue weighted by atomic mass is 16.3.